The van der Waals surface area contributed by atoms with Gasteiger partial charge in [-0.15, -0.1) is 0 Å². The Balaban J connectivity index is 1.35. The first-order chi connectivity index (χ1) is 16.9. The molecule has 0 spiro atoms. The van der Waals surface area contributed by atoms with Gasteiger partial charge in [0.25, 0.3) is 5.91 Å². The van der Waals surface area contributed by atoms with Crippen LogP contribution in [-0.2, 0) is 16.0 Å². The lowest BCUT2D eigenvalue weighted by Gasteiger charge is -2.15. The quantitative estimate of drug-likeness (QED) is 0.520. The molecular formula is C26H25FN4O4. The summed E-state index contributed by atoms with van der Waals surface area (Å²) in [5.74, 6) is -0.830. The maximum Gasteiger partial charge on any atom is 0.414 e. The molecule has 3 aromatic rings. The maximum atomic E-state index is 14.9. The third-order valence-electron chi connectivity index (χ3n) is 5.62. The van der Waals surface area contributed by atoms with Crippen molar-refractivity contribution in [3.63, 3.8) is 0 Å². The van der Waals surface area contributed by atoms with Crippen molar-refractivity contribution >= 4 is 23.6 Å². The van der Waals surface area contributed by atoms with Gasteiger partial charge in [-0.2, -0.15) is 0 Å². The highest BCUT2D eigenvalue weighted by Crippen LogP contribution is 2.29. The summed E-state index contributed by atoms with van der Waals surface area (Å²) in [4.78, 5) is 40.6. The molecule has 1 aliphatic rings. The number of cyclic esters (lactones) is 1. The average molecular weight is 477 g/mol. The van der Waals surface area contributed by atoms with E-state index in [2.05, 4.69) is 15.6 Å². The van der Waals surface area contributed by atoms with Gasteiger partial charge in [-0.25, -0.2) is 9.18 Å². The van der Waals surface area contributed by atoms with E-state index in [4.69, 9.17) is 4.74 Å². The highest BCUT2D eigenvalue weighted by molar-refractivity contribution is 5.94. The van der Waals surface area contributed by atoms with Crippen LogP contribution in [0.25, 0.3) is 11.1 Å². The number of ether oxygens (including phenoxy) is 1. The molecule has 0 aliphatic carbocycles. The number of halogens is 1. The Morgan fingerprint density at radius 1 is 1.09 bits per heavy atom. The number of rotatable bonds is 8. The number of hydrogen-bond donors (Lipinski definition) is 2. The zero-order chi connectivity index (χ0) is 24.8. The number of benzene rings is 2. The fraction of sp³-hybridized carbons (Fsp3) is 0.231. The van der Waals surface area contributed by atoms with Gasteiger partial charge in [0.05, 0.1) is 18.8 Å². The van der Waals surface area contributed by atoms with Gasteiger partial charge in [0.2, 0.25) is 5.91 Å². The third kappa shape index (κ3) is 6.00. The van der Waals surface area contributed by atoms with Gasteiger partial charge >= 0.3 is 6.09 Å². The van der Waals surface area contributed by atoms with Crippen LogP contribution in [0.5, 0.6) is 0 Å². The Bertz CT molecular complexity index is 1220. The minimum atomic E-state index is -0.576. The number of nitrogens with zero attached hydrogens (tertiary/aromatic N) is 2. The van der Waals surface area contributed by atoms with Crippen LogP contribution in [0.4, 0.5) is 14.9 Å². The Morgan fingerprint density at radius 2 is 1.83 bits per heavy atom. The minimum Gasteiger partial charge on any atom is -0.442 e. The number of carbonyl (C=O) groups is 3. The zero-order valence-electron chi connectivity index (χ0n) is 19.2. The van der Waals surface area contributed by atoms with Crippen LogP contribution in [-0.4, -0.2) is 48.6 Å². The molecule has 1 atom stereocenters. The number of amides is 3. The molecule has 8 nitrogen and oxygen atoms in total. The van der Waals surface area contributed by atoms with Gasteiger partial charge in [0, 0.05) is 37.0 Å². The summed E-state index contributed by atoms with van der Waals surface area (Å²) in [6, 6.07) is 15.3. The number of aromatic nitrogens is 1. The molecule has 4 rings (SSSR count). The molecule has 1 fully saturated rings. The lowest BCUT2D eigenvalue weighted by Crippen LogP contribution is -2.33. The first-order valence-electron chi connectivity index (χ1n) is 11.2. The second-order valence-corrected chi connectivity index (χ2v) is 8.16. The first-order valence-corrected chi connectivity index (χ1v) is 11.2. The smallest absolute Gasteiger partial charge is 0.414 e. The SMILES string of the molecule is CC(=O)NC[C@H]1CN(c2ccc(-c3ccc(CCNC(=O)c4ccncc4)cc3)c(F)c2)C(=O)O1. The molecule has 2 N–H and O–H groups in total. The molecule has 2 aromatic carbocycles. The van der Waals surface area contributed by atoms with Crippen LogP contribution in [0.15, 0.2) is 67.0 Å². The van der Waals surface area contributed by atoms with Crippen LogP contribution in [0.2, 0.25) is 0 Å². The normalized spacial score (nSPS) is 15.0. The fourth-order valence-electron chi connectivity index (χ4n) is 3.78. The summed E-state index contributed by atoms with van der Waals surface area (Å²) >= 11 is 0. The summed E-state index contributed by atoms with van der Waals surface area (Å²) in [5.41, 5.74) is 3.06. The van der Waals surface area contributed by atoms with E-state index in [-0.39, 0.29) is 24.9 Å². The van der Waals surface area contributed by atoms with E-state index < -0.39 is 18.0 Å². The van der Waals surface area contributed by atoms with E-state index in [0.717, 1.165) is 5.56 Å². The number of hydrogen-bond acceptors (Lipinski definition) is 5. The van der Waals surface area contributed by atoms with Crippen molar-refractivity contribution in [2.24, 2.45) is 0 Å². The van der Waals surface area contributed by atoms with Gasteiger partial charge in [0.15, 0.2) is 0 Å². The van der Waals surface area contributed by atoms with E-state index in [1.807, 2.05) is 24.3 Å². The number of anilines is 1. The summed E-state index contributed by atoms with van der Waals surface area (Å²) in [5, 5.41) is 5.48. The molecule has 180 valence electrons. The molecule has 0 saturated carbocycles. The van der Waals surface area contributed by atoms with Crippen LogP contribution in [0.3, 0.4) is 0 Å². The van der Waals surface area contributed by atoms with Crippen LogP contribution >= 0.6 is 0 Å². The topological polar surface area (TPSA) is 101 Å². The van der Waals surface area contributed by atoms with Gasteiger partial charge in [-0.05, 0) is 47.9 Å². The van der Waals surface area contributed by atoms with Crippen LogP contribution < -0.4 is 15.5 Å². The van der Waals surface area contributed by atoms with E-state index in [9.17, 15) is 18.8 Å². The first kappa shape index (κ1) is 23.9. The molecule has 1 saturated heterocycles. The molecule has 0 unspecified atom stereocenters. The van der Waals surface area contributed by atoms with Gasteiger partial charge < -0.3 is 15.4 Å². The minimum absolute atomic E-state index is 0.158. The highest BCUT2D eigenvalue weighted by atomic mass is 19.1. The monoisotopic (exact) mass is 476 g/mol. The van der Waals surface area contributed by atoms with Crippen LogP contribution in [0.1, 0.15) is 22.8 Å². The second-order valence-electron chi connectivity index (χ2n) is 8.16. The number of carbonyl (C=O) groups excluding carboxylic acids is 3. The third-order valence-corrected chi connectivity index (χ3v) is 5.62. The zero-order valence-corrected chi connectivity index (χ0v) is 19.2. The molecule has 9 heteroatoms. The van der Waals surface area contributed by atoms with E-state index in [1.54, 1.807) is 36.7 Å². The van der Waals surface area contributed by atoms with Crippen molar-refractivity contribution in [3.8, 4) is 11.1 Å². The van der Waals surface area contributed by atoms with Crippen molar-refractivity contribution in [3.05, 3.63) is 83.9 Å². The largest absolute Gasteiger partial charge is 0.442 e. The lowest BCUT2D eigenvalue weighted by molar-refractivity contribution is -0.119. The summed E-state index contributed by atoms with van der Waals surface area (Å²) in [7, 11) is 0. The molecule has 3 amide bonds. The molecule has 1 aromatic heterocycles. The predicted octanol–water partition coefficient (Wildman–Crippen LogP) is 3.32. The molecule has 1 aliphatic heterocycles. The van der Waals surface area contributed by atoms with Gasteiger partial charge in [0.1, 0.15) is 11.9 Å². The molecule has 2 heterocycles. The van der Waals surface area contributed by atoms with Gasteiger partial charge in [-0.3, -0.25) is 19.5 Å². The van der Waals surface area contributed by atoms with Crippen molar-refractivity contribution in [2.45, 2.75) is 19.4 Å². The van der Waals surface area contributed by atoms with Crippen molar-refractivity contribution in [1.29, 1.82) is 0 Å². The number of nitrogens with one attached hydrogen (secondary N) is 2. The average Bonchev–Trinajstić information content (AvgIpc) is 3.24. The standard InChI is InChI=1S/C26H25FN4O4/c1-17(32)30-15-22-16-31(26(34)35-22)21-6-7-23(24(27)14-21)19-4-2-18(3-5-19)8-13-29-25(33)20-9-11-28-12-10-20/h2-7,9-12,14,22H,8,13,15-16H2,1H3,(H,29,33)(H,30,32)/t22-/m0/s1. The van der Waals surface area contributed by atoms with Crippen molar-refractivity contribution in [2.75, 3.05) is 24.5 Å². The highest BCUT2D eigenvalue weighted by Gasteiger charge is 2.32. The Morgan fingerprint density at radius 3 is 2.51 bits per heavy atom. The molecular weight excluding hydrogens is 451 g/mol. The van der Waals surface area contributed by atoms with E-state index in [1.165, 1.54) is 17.9 Å². The fourth-order valence-corrected chi connectivity index (χ4v) is 3.78. The lowest BCUT2D eigenvalue weighted by atomic mass is 10.0. The molecule has 35 heavy (non-hydrogen) atoms. The van der Waals surface area contributed by atoms with Gasteiger partial charge in [-0.1, -0.05) is 24.3 Å². The van der Waals surface area contributed by atoms with Crippen LogP contribution in [0, 0.1) is 5.82 Å². The van der Waals surface area contributed by atoms with Crippen molar-refractivity contribution in [1.82, 2.24) is 15.6 Å². The molecule has 0 radical (unpaired) electrons. The summed E-state index contributed by atoms with van der Waals surface area (Å²) < 4.78 is 20.2. The van der Waals surface area contributed by atoms with E-state index >= 15 is 0 Å². The maximum absolute atomic E-state index is 14.9. The Labute approximate surface area is 202 Å². The molecule has 0 bridgehead atoms. The predicted molar refractivity (Wildman–Crippen MR) is 128 cm³/mol. The Hall–Kier alpha value is -4.27. The Kier molecular flexibility index (Phi) is 7.35. The van der Waals surface area contributed by atoms with E-state index in [0.29, 0.717) is 35.3 Å². The number of pyridine rings is 1. The summed E-state index contributed by atoms with van der Waals surface area (Å²) in [6.07, 6.45) is 2.71. The summed E-state index contributed by atoms with van der Waals surface area (Å²) in [6.45, 7) is 2.29. The van der Waals surface area contributed by atoms with Crippen molar-refractivity contribution < 1.29 is 23.5 Å². The second kappa shape index (κ2) is 10.8.